The van der Waals surface area contributed by atoms with E-state index in [0.717, 1.165) is 13.1 Å². The third-order valence-corrected chi connectivity index (χ3v) is 5.51. The Balaban J connectivity index is 1.52. The standard InChI is InChI=1S/C22H26ClN7O3/c1-14(2)33-22(32)26-16-11-24-20-27-19(13-30(20)12-16)17-10-15(4-5-18(17)23)25-21(31)29-8-6-28(3)7-9-29/h4-5,10-14H,6-9H2,1-3H3,(H,25,31)(H,26,32). The number of urea groups is 1. The molecule has 1 aliphatic rings. The average Bonchev–Trinajstić information content (AvgIpc) is 3.18. The molecular formula is C22H26ClN7O3. The smallest absolute Gasteiger partial charge is 0.411 e. The average molecular weight is 472 g/mol. The van der Waals surface area contributed by atoms with Crippen LogP contribution in [0.4, 0.5) is 21.0 Å². The number of aromatic nitrogens is 3. The van der Waals surface area contributed by atoms with E-state index in [9.17, 15) is 9.59 Å². The van der Waals surface area contributed by atoms with E-state index in [-0.39, 0.29) is 12.1 Å². The van der Waals surface area contributed by atoms with Crippen LogP contribution in [0.15, 0.2) is 36.8 Å². The van der Waals surface area contributed by atoms with Crippen molar-refractivity contribution in [1.29, 1.82) is 0 Å². The van der Waals surface area contributed by atoms with Crippen LogP contribution in [0.25, 0.3) is 17.0 Å². The maximum absolute atomic E-state index is 12.6. The summed E-state index contributed by atoms with van der Waals surface area (Å²) in [7, 11) is 2.04. The molecule has 3 aromatic rings. The van der Waals surface area contributed by atoms with Gasteiger partial charge in [-0.25, -0.2) is 19.6 Å². The van der Waals surface area contributed by atoms with E-state index in [1.807, 2.05) is 7.05 Å². The van der Waals surface area contributed by atoms with Crippen LogP contribution >= 0.6 is 11.6 Å². The molecule has 1 fully saturated rings. The van der Waals surface area contributed by atoms with Gasteiger partial charge in [-0.05, 0) is 39.1 Å². The lowest BCUT2D eigenvalue weighted by atomic mass is 10.1. The molecule has 0 spiro atoms. The summed E-state index contributed by atoms with van der Waals surface area (Å²) in [4.78, 5) is 37.3. The molecule has 10 nitrogen and oxygen atoms in total. The van der Waals surface area contributed by atoms with Crippen molar-refractivity contribution >= 4 is 40.9 Å². The lowest BCUT2D eigenvalue weighted by Crippen LogP contribution is -2.48. The van der Waals surface area contributed by atoms with Crippen molar-refractivity contribution in [3.63, 3.8) is 0 Å². The molecule has 33 heavy (non-hydrogen) atoms. The number of nitrogens with zero attached hydrogens (tertiary/aromatic N) is 5. The molecule has 3 heterocycles. The van der Waals surface area contributed by atoms with E-state index in [1.54, 1.807) is 53.7 Å². The van der Waals surface area contributed by atoms with Crippen molar-refractivity contribution < 1.29 is 14.3 Å². The molecule has 0 aliphatic carbocycles. The van der Waals surface area contributed by atoms with Crippen molar-refractivity contribution in [3.8, 4) is 11.3 Å². The van der Waals surface area contributed by atoms with Crippen LogP contribution in [0.2, 0.25) is 5.02 Å². The minimum atomic E-state index is -0.557. The third-order valence-electron chi connectivity index (χ3n) is 5.18. The number of hydrogen-bond acceptors (Lipinski definition) is 6. The minimum absolute atomic E-state index is 0.142. The van der Waals surface area contributed by atoms with Gasteiger partial charge in [0.15, 0.2) is 0 Å². The molecule has 0 unspecified atom stereocenters. The molecule has 2 N–H and O–H groups in total. The maximum Gasteiger partial charge on any atom is 0.411 e. The SMILES string of the molecule is CC(C)OC(=O)Nc1cnc2nc(-c3cc(NC(=O)N4CCN(C)CC4)ccc3Cl)cn2c1. The predicted molar refractivity (Wildman–Crippen MR) is 127 cm³/mol. The number of imidazole rings is 1. The number of amides is 3. The van der Waals surface area contributed by atoms with Crippen molar-refractivity contribution in [3.05, 3.63) is 41.8 Å². The first-order chi connectivity index (χ1) is 15.8. The van der Waals surface area contributed by atoms with E-state index in [1.165, 1.54) is 6.20 Å². The molecule has 0 saturated carbocycles. The number of ether oxygens (including phenoxy) is 1. The Bertz CT molecular complexity index is 1170. The van der Waals surface area contributed by atoms with Crippen LogP contribution < -0.4 is 10.6 Å². The number of anilines is 2. The van der Waals surface area contributed by atoms with Gasteiger partial charge in [-0.15, -0.1) is 0 Å². The molecule has 1 aromatic carbocycles. The molecule has 1 saturated heterocycles. The second-order valence-electron chi connectivity index (χ2n) is 8.17. The van der Waals surface area contributed by atoms with Gasteiger partial charge < -0.3 is 19.9 Å². The fourth-order valence-electron chi connectivity index (χ4n) is 3.45. The van der Waals surface area contributed by atoms with Gasteiger partial charge in [0.25, 0.3) is 0 Å². The summed E-state index contributed by atoms with van der Waals surface area (Å²) >= 11 is 6.44. The number of hydrogen-bond donors (Lipinski definition) is 2. The summed E-state index contributed by atoms with van der Waals surface area (Å²) in [6.45, 7) is 6.60. The summed E-state index contributed by atoms with van der Waals surface area (Å²) in [6, 6.07) is 5.13. The highest BCUT2D eigenvalue weighted by Crippen LogP contribution is 2.30. The first-order valence-electron chi connectivity index (χ1n) is 10.7. The van der Waals surface area contributed by atoms with Gasteiger partial charge in [-0.2, -0.15) is 0 Å². The van der Waals surface area contributed by atoms with Crippen LogP contribution in [-0.2, 0) is 4.74 Å². The van der Waals surface area contributed by atoms with Crippen LogP contribution in [0, 0.1) is 0 Å². The largest absolute Gasteiger partial charge is 0.447 e. The van der Waals surface area contributed by atoms with Gasteiger partial charge in [0.2, 0.25) is 5.78 Å². The monoisotopic (exact) mass is 471 g/mol. The number of carbonyl (C=O) groups is 2. The van der Waals surface area contributed by atoms with Crippen molar-refractivity contribution in [2.45, 2.75) is 20.0 Å². The predicted octanol–water partition coefficient (Wildman–Crippen LogP) is 3.79. The fourth-order valence-corrected chi connectivity index (χ4v) is 3.67. The Kier molecular flexibility index (Phi) is 6.66. The quantitative estimate of drug-likeness (QED) is 0.600. The highest BCUT2D eigenvalue weighted by Gasteiger charge is 2.19. The van der Waals surface area contributed by atoms with E-state index in [4.69, 9.17) is 16.3 Å². The van der Waals surface area contributed by atoms with Gasteiger partial charge in [0.1, 0.15) is 0 Å². The minimum Gasteiger partial charge on any atom is -0.447 e. The molecule has 4 rings (SSSR count). The number of nitrogens with one attached hydrogen (secondary N) is 2. The zero-order valence-electron chi connectivity index (χ0n) is 18.7. The van der Waals surface area contributed by atoms with Gasteiger partial charge in [0.05, 0.1) is 28.7 Å². The number of benzene rings is 1. The zero-order chi connectivity index (χ0) is 23.5. The normalized spacial score (nSPS) is 14.5. The first kappa shape index (κ1) is 22.8. The molecule has 174 valence electrons. The lowest BCUT2D eigenvalue weighted by Gasteiger charge is -2.32. The maximum atomic E-state index is 12.6. The Labute approximate surface area is 196 Å². The first-order valence-corrected chi connectivity index (χ1v) is 11.0. The Morgan fingerprint density at radius 3 is 2.58 bits per heavy atom. The van der Waals surface area contributed by atoms with E-state index < -0.39 is 6.09 Å². The van der Waals surface area contributed by atoms with E-state index >= 15 is 0 Å². The number of carbonyl (C=O) groups excluding carboxylic acids is 2. The van der Waals surface area contributed by atoms with Gasteiger partial charge in [-0.1, -0.05) is 11.6 Å². The van der Waals surface area contributed by atoms with Crippen LogP contribution in [0.3, 0.4) is 0 Å². The molecule has 11 heteroatoms. The highest BCUT2D eigenvalue weighted by molar-refractivity contribution is 6.33. The lowest BCUT2D eigenvalue weighted by molar-refractivity contribution is 0.130. The van der Waals surface area contributed by atoms with Gasteiger partial charge >= 0.3 is 12.1 Å². The number of fused-ring (bicyclic) bond motifs is 1. The van der Waals surface area contributed by atoms with Crippen LogP contribution in [0.1, 0.15) is 13.8 Å². The second-order valence-corrected chi connectivity index (χ2v) is 8.58. The summed E-state index contributed by atoms with van der Waals surface area (Å²) in [6.07, 6.45) is 4.16. The third kappa shape index (κ3) is 5.52. The fraction of sp³-hybridized carbons (Fsp3) is 0.364. The molecule has 0 bridgehead atoms. The molecule has 0 radical (unpaired) electrons. The van der Waals surface area contributed by atoms with Crippen molar-refractivity contribution in [2.24, 2.45) is 0 Å². The Morgan fingerprint density at radius 1 is 1.09 bits per heavy atom. The van der Waals surface area contributed by atoms with Crippen molar-refractivity contribution in [1.82, 2.24) is 24.2 Å². The summed E-state index contributed by atoms with van der Waals surface area (Å²) in [5.74, 6) is 0.440. The van der Waals surface area contributed by atoms with E-state index in [0.29, 0.717) is 46.5 Å². The summed E-state index contributed by atoms with van der Waals surface area (Å²) in [5, 5.41) is 6.07. The zero-order valence-corrected chi connectivity index (χ0v) is 19.5. The van der Waals surface area contributed by atoms with Crippen molar-refractivity contribution in [2.75, 3.05) is 43.9 Å². The number of halogens is 1. The summed E-state index contributed by atoms with van der Waals surface area (Å²) < 4.78 is 6.78. The summed E-state index contributed by atoms with van der Waals surface area (Å²) in [5.41, 5.74) is 2.34. The molecular weight excluding hydrogens is 446 g/mol. The van der Waals surface area contributed by atoms with E-state index in [2.05, 4.69) is 25.5 Å². The molecule has 0 atom stereocenters. The number of likely N-dealkylation sites (N-methyl/N-ethyl adjacent to an activating group) is 1. The molecule has 3 amide bonds. The van der Waals surface area contributed by atoms with Crippen LogP contribution in [0.5, 0.6) is 0 Å². The highest BCUT2D eigenvalue weighted by atomic mass is 35.5. The van der Waals surface area contributed by atoms with Crippen LogP contribution in [-0.4, -0.2) is 75.6 Å². The second kappa shape index (κ2) is 9.63. The number of rotatable bonds is 4. The molecule has 2 aromatic heterocycles. The number of piperazine rings is 1. The van der Waals surface area contributed by atoms with Gasteiger partial charge in [0, 0.05) is 49.8 Å². The van der Waals surface area contributed by atoms with Gasteiger partial charge in [-0.3, -0.25) is 9.72 Å². The Hall–Kier alpha value is -3.37. The topological polar surface area (TPSA) is 104 Å². The Morgan fingerprint density at radius 2 is 1.85 bits per heavy atom. The molecule has 1 aliphatic heterocycles.